The zero-order valence-corrected chi connectivity index (χ0v) is 9.10. The lowest BCUT2D eigenvalue weighted by Gasteiger charge is -2.48. The lowest BCUT2D eigenvalue weighted by Crippen LogP contribution is -2.57. The molecule has 1 aliphatic heterocycles. The summed E-state index contributed by atoms with van der Waals surface area (Å²) in [6.07, 6.45) is 7.45. The Hall–Kier alpha value is -0.0400. The number of rotatable bonds is 3. The Morgan fingerprint density at radius 1 is 1.23 bits per heavy atom. The van der Waals surface area contributed by atoms with Crippen molar-refractivity contribution in [2.75, 3.05) is 13.1 Å². The average molecular weight is 181 g/mol. The summed E-state index contributed by atoms with van der Waals surface area (Å²) in [7, 11) is 0. The molecule has 2 fully saturated rings. The third kappa shape index (κ3) is 1.76. The summed E-state index contributed by atoms with van der Waals surface area (Å²) >= 11 is 0. The van der Waals surface area contributed by atoms with Gasteiger partial charge in [0.25, 0.3) is 0 Å². The number of hydrogen-bond acceptors (Lipinski definition) is 1. The van der Waals surface area contributed by atoms with Gasteiger partial charge < -0.3 is 5.32 Å². The maximum Gasteiger partial charge on any atom is 0.00230 e. The summed E-state index contributed by atoms with van der Waals surface area (Å²) in [5, 5.41) is 3.48. The zero-order valence-electron chi connectivity index (χ0n) is 9.10. The van der Waals surface area contributed by atoms with E-state index in [4.69, 9.17) is 0 Å². The van der Waals surface area contributed by atoms with E-state index in [0.29, 0.717) is 5.41 Å². The quantitative estimate of drug-likeness (QED) is 0.706. The minimum atomic E-state index is 0.713. The van der Waals surface area contributed by atoms with Crippen LogP contribution < -0.4 is 5.32 Å². The largest absolute Gasteiger partial charge is 0.316 e. The molecular weight excluding hydrogens is 158 g/mol. The van der Waals surface area contributed by atoms with E-state index in [1.54, 1.807) is 0 Å². The zero-order chi connectivity index (χ0) is 9.31. The molecule has 1 saturated heterocycles. The van der Waals surface area contributed by atoms with Crippen molar-refractivity contribution in [1.29, 1.82) is 0 Å². The third-order valence-electron chi connectivity index (χ3n) is 3.99. The van der Waals surface area contributed by atoms with Crippen molar-refractivity contribution in [1.82, 2.24) is 5.32 Å². The van der Waals surface area contributed by atoms with E-state index in [9.17, 15) is 0 Å². The predicted molar refractivity (Wildman–Crippen MR) is 56.7 cm³/mol. The molecule has 0 spiro atoms. The van der Waals surface area contributed by atoms with E-state index in [0.717, 1.165) is 11.8 Å². The van der Waals surface area contributed by atoms with E-state index in [2.05, 4.69) is 19.2 Å². The Bertz CT molecular complexity index is 164. The van der Waals surface area contributed by atoms with Gasteiger partial charge in [0.2, 0.25) is 0 Å². The smallest absolute Gasteiger partial charge is 0.00230 e. The Morgan fingerprint density at radius 2 is 1.85 bits per heavy atom. The fraction of sp³-hybridized carbons (Fsp3) is 1.00. The first-order chi connectivity index (χ1) is 6.23. The highest BCUT2D eigenvalue weighted by Gasteiger charge is 2.44. The van der Waals surface area contributed by atoms with Crippen LogP contribution in [0.5, 0.6) is 0 Å². The van der Waals surface area contributed by atoms with E-state index in [-0.39, 0.29) is 0 Å². The molecule has 2 rings (SSSR count). The Morgan fingerprint density at radius 3 is 2.23 bits per heavy atom. The SMILES string of the molecule is CC(C)CC1(C2CCCC2)CNC1. The third-order valence-corrected chi connectivity index (χ3v) is 3.99. The maximum absolute atomic E-state index is 3.48. The highest BCUT2D eigenvalue weighted by molar-refractivity contribution is 4.99. The Labute approximate surface area is 82.3 Å². The van der Waals surface area contributed by atoms with Crippen molar-refractivity contribution in [3.05, 3.63) is 0 Å². The van der Waals surface area contributed by atoms with E-state index in [1.807, 2.05) is 0 Å². The normalized spacial score (nSPS) is 27.9. The minimum absolute atomic E-state index is 0.713. The van der Waals surface area contributed by atoms with Crippen LogP contribution in [0.3, 0.4) is 0 Å². The standard InChI is InChI=1S/C12H23N/c1-10(2)7-12(8-13-9-12)11-5-3-4-6-11/h10-11,13H,3-9H2,1-2H3. The molecule has 2 aliphatic rings. The first kappa shape index (κ1) is 9.51. The summed E-state index contributed by atoms with van der Waals surface area (Å²) < 4.78 is 0. The summed E-state index contributed by atoms with van der Waals surface area (Å²) in [5.41, 5.74) is 0.713. The molecule has 0 unspecified atom stereocenters. The van der Waals surface area contributed by atoms with Crippen LogP contribution in [0.1, 0.15) is 46.0 Å². The van der Waals surface area contributed by atoms with Gasteiger partial charge in [-0.3, -0.25) is 0 Å². The van der Waals surface area contributed by atoms with Crippen molar-refractivity contribution in [2.24, 2.45) is 17.3 Å². The van der Waals surface area contributed by atoms with Crippen LogP contribution in [0.15, 0.2) is 0 Å². The molecule has 0 bridgehead atoms. The summed E-state index contributed by atoms with van der Waals surface area (Å²) in [4.78, 5) is 0. The predicted octanol–water partition coefficient (Wildman–Crippen LogP) is 2.81. The van der Waals surface area contributed by atoms with Crippen LogP contribution >= 0.6 is 0 Å². The Balaban J connectivity index is 1.97. The highest BCUT2D eigenvalue weighted by atomic mass is 15.0. The molecule has 0 amide bonds. The molecule has 1 saturated carbocycles. The summed E-state index contributed by atoms with van der Waals surface area (Å²) in [5.74, 6) is 1.93. The van der Waals surface area contributed by atoms with Gasteiger partial charge in [0.05, 0.1) is 0 Å². The Kier molecular flexibility index (Phi) is 2.64. The number of hydrogen-bond donors (Lipinski definition) is 1. The molecule has 0 aromatic carbocycles. The number of nitrogens with one attached hydrogen (secondary N) is 1. The summed E-state index contributed by atoms with van der Waals surface area (Å²) in [6, 6.07) is 0. The van der Waals surface area contributed by atoms with Gasteiger partial charge in [-0.2, -0.15) is 0 Å². The van der Waals surface area contributed by atoms with Crippen LogP contribution in [0.25, 0.3) is 0 Å². The van der Waals surface area contributed by atoms with Crippen molar-refractivity contribution >= 4 is 0 Å². The lowest BCUT2D eigenvalue weighted by atomic mass is 9.65. The van der Waals surface area contributed by atoms with Crippen LogP contribution in [-0.4, -0.2) is 13.1 Å². The molecule has 1 nitrogen and oxygen atoms in total. The van der Waals surface area contributed by atoms with Crippen molar-refractivity contribution < 1.29 is 0 Å². The first-order valence-corrected chi connectivity index (χ1v) is 5.94. The van der Waals surface area contributed by atoms with Crippen molar-refractivity contribution in [3.8, 4) is 0 Å². The molecule has 76 valence electrons. The molecule has 0 atom stereocenters. The van der Waals surface area contributed by atoms with Gasteiger partial charge in [-0.15, -0.1) is 0 Å². The maximum atomic E-state index is 3.48. The van der Waals surface area contributed by atoms with E-state index >= 15 is 0 Å². The van der Waals surface area contributed by atoms with Crippen LogP contribution in [-0.2, 0) is 0 Å². The van der Waals surface area contributed by atoms with E-state index < -0.39 is 0 Å². The first-order valence-electron chi connectivity index (χ1n) is 5.94. The fourth-order valence-electron chi connectivity index (χ4n) is 3.40. The molecule has 0 radical (unpaired) electrons. The second-order valence-corrected chi connectivity index (χ2v) is 5.55. The monoisotopic (exact) mass is 181 g/mol. The van der Waals surface area contributed by atoms with Crippen molar-refractivity contribution in [2.45, 2.75) is 46.0 Å². The summed E-state index contributed by atoms with van der Waals surface area (Å²) in [6.45, 7) is 7.34. The van der Waals surface area contributed by atoms with Crippen LogP contribution in [0.4, 0.5) is 0 Å². The second kappa shape index (κ2) is 3.61. The fourth-order valence-corrected chi connectivity index (χ4v) is 3.40. The minimum Gasteiger partial charge on any atom is -0.316 e. The molecule has 1 heteroatoms. The molecule has 1 heterocycles. The van der Waals surface area contributed by atoms with Gasteiger partial charge >= 0.3 is 0 Å². The average Bonchev–Trinajstić information content (AvgIpc) is 2.48. The molecule has 1 N–H and O–H groups in total. The van der Waals surface area contributed by atoms with Gasteiger partial charge in [-0.25, -0.2) is 0 Å². The van der Waals surface area contributed by atoms with Gasteiger partial charge in [0.1, 0.15) is 0 Å². The molecule has 13 heavy (non-hydrogen) atoms. The van der Waals surface area contributed by atoms with Gasteiger partial charge in [0, 0.05) is 13.1 Å². The molecule has 1 aliphatic carbocycles. The van der Waals surface area contributed by atoms with Gasteiger partial charge in [0.15, 0.2) is 0 Å². The van der Waals surface area contributed by atoms with Gasteiger partial charge in [-0.05, 0) is 36.5 Å². The highest BCUT2D eigenvalue weighted by Crippen LogP contribution is 2.46. The second-order valence-electron chi connectivity index (χ2n) is 5.55. The lowest BCUT2D eigenvalue weighted by molar-refractivity contribution is 0.0549. The molecule has 0 aromatic rings. The van der Waals surface area contributed by atoms with E-state index in [1.165, 1.54) is 45.2 Å². The topological polar surface area (TPSA) is 12.0 Å². The molecular formula is C12H23N. The molecule has 0 aromatic heterocycles. The van der Waals surface area contributed by atoms with Gasteiger partial charge in [-0.1, -0.05) is 26.7 Å². The van der Waals surface area contributed by atoms with Crippen LogP contribution in [0, 0.1) is 17.3 Å². The van der Waals surface area contributed by atoms with Crippen LogP contribution in [0.2, 0.25) is 0 Å². The van der Waals surface area contributed by atoms with Crippen molar-refractivity contribution in [3.63, 3.8) is 0 Å².